The molecule has 19 heavy (non-hydrogen) atoms. The van der Waals surface area contributed by atoms with E-state index in [1.54, 1.807) is 7.11 Å². The summed E-state index contributed by atoms with van der Waals surface area (Å²) in [5, 5.41) is 3.45. The molecule has 0 aliphatic heterocycles. The monoisotopic (exact) mass is 392 g/mol. The first-order chi connectivity index (χ1) is 8.95. The van der Waals surface area contributed by atoms with Crippen LogP contribution < -0.4 is 10.1 Å². The number of hydrogen-bond donors (Lipinski definition) is 1. The number of nitrogens with zero attached hydrogens (tertiary/aromatic N) is 1. The Labute approximate surface area is 133 Å². The second-order valence-corrected chi connectivity index (χ2v) is 6.60. The van der Waals surface area contributed by atoms with E-state index in [1.807, 2.05) is 6.07 Å². The lowest BCUT2D eigenvalue weighted by Crippen LogP contribution is -2.33. The molecular formula is C14H22Br2N2O. The smallest absolute Gasteiger partial charge is 0.137 e. The molecule has 0 radical (unpaired) electrons. The maximum Gasteiger partial charge on any atom is 0.137 e. The molecule has 0 unspecified atom stereocenters. The Hall–Kier alpha value is -0.100. The van der Waals surface area contributed by atoms with Crippen LogP contribution in [0.25, 0.3) is 0 Å². The molecule has 5 heteroatoms. The number of nitrogens with one attached hydrogen (secondary N) is 1. The first kappa shape index (κ1) is 17.0. The van der Waals surface area contributed by atoms with Gasteiger partial charge >= 0.3 is 0 Å². The van der Waals surface area contributed by atoms with Crippen molar-refractivity contribution in [2.24, 2.45) is 0 Å². The van der Waals surface area contributed by atoms with Crippen molar-refractivity contribution in [1.29, 1.82) is 0 Å². The molecule has 1 aromatic carbocycles. The van der Waals surface area contributed by atoms with Crippen molar-refractivity contribution in [3.05, 3.63) is 26.6 Å². The van der Waals surface area contributed by atoms with Crippen LogP contribution in [0.5, 0.6) is 5.75 Å². The van der Waals surface area contributed by atoms with Crippen LogP contribution in [-0.4, -0.2) is 38.2 Å². The van der Waals surface area contributed by atoms with Gasteiger partial charge in [-0.1, -0.05) is 15.9 Å². The molecule has 1 N–H and O–H groups in total. The summed E-state index contributed by atoms with van der Waals surface area (Å²) >= 11 is 7.02. The van der Waals surface area contributed by atoms with Gasteiger partial charge in [0.2, 0.25) is 0 Å². The Bertz CT molecular complexity index is 411. The van der Waals surface area contributed by atoms with Crippen LogP contribution in [0.2, 0.25) is 0 Å². The highest BCUT2D eigenvalue weighted by Gasteiger charge is 2.09. The molecule has 0 aliphatic carbocycles. The Morgan fingerprint density at radius 2 is 2.00 bits per heavy atom. The Morgan fingerprint density at radius 3 is 2.58 bits per heavy atom. The molecule has 0 aliphatic rings. The van der Waals surface area contributed by atoms with Crippen LogP contribution in [0.4, 0.5) is 0 Å². The molecule has 0 bridgehead atoms. The van der Waals surface area contributed by atoms with Crippen LogP contribution >= 0.6 is 31.9 Å². The van der Waals surface area contributed by atoms with E-state index in [1.165, 1.54) is 0 Å². The van der Waals surface area contributed by atoms with Crippen molar-refractivity contribution in [1.82, 2.24) is 10.2 Å². The van der Waals surface area contributed by atoms with Crippen LogP contribution in [-0.2, 0) is 6.54 Å². The molecule has 0 spiro atoms. The van der Waals surface area contributed by atoms with E-state index in [-0.39, 0.29) is 0 Å². The van der Waals surface area contributed by atoms with E-state index in [2.05, 4.69) is 69.0 Å². The van der Waals surface area contributed by atoms with E-state index < -0.39 is 0 Å². The molecule has 0 fully saturated rings. The fourth-order valence-electron chi connectivity index (χ4n) is 1.71. The largest absolute Gasteiger partial charge is 0.495 e. The number of benzene rings is 1. The second-order valence-electron chi connectivity index (χ2n) is 4.83. The van der Waals surface area contributed by atoms with Gasteiger partial charge in [-0.15, -0.1) is 0 Å². The summed E-state index contributed by atoms with van der Waals surface area (Å²) in [4.78, 5) is 2.32. The summed E-state index contributed by atoms with van der Waals surface area (Å²) in [6.07, 6.45) is 0. The highest BCUT2D eigenvalue weighted by molar-refractivity contribution is 9.11. The Balaban J connectivity index is 2.53. The van der Waals surface area contributed by atoms with Crippen molar-refractivity contribution in [3.8, 4) is 5.75 Å². The predicted molar refractivity (Wildman–Crippen MR) is 87.9 cm³/mol. The molecule has 0 saturated heterocycles. The van der Waals surface area contributed by atoms with Gasteiger partial charge in [0.1, 0.15) is 5.75 Å². The lowest BCUT2D eigenvalue weighted by atomic mass is 10.2. The quantitative estimate of drug-likeness (QED) is 0.715. The van der Waals surface area contributed by atoms with Gasteiger partial charge in [-0.3, -0.25) is 0 Å². The van der Waals surface area contributed by atoms with Gasteiger partial charge in [0.05, 0.1) is 11.6 Å². The topological polar surface area (TPSA) is 24.5 Å². The van der Waals surface area contributed by atoms with Crippen molar-refractivity contribution < 1.29 is 4.74 Å². The lowest BCUT2D eigenvalue weighted by molar-refractivity contribution is 0.273. The van der Waals surface area contributed by atoms with Crippen molar-refractivity contribution in [3.63, 3.8) is 0 Å². The van der Waals surface area contributed by atoms with E-state index in [0.717, 1.165) is 39.9 Å². The zero-order valence-corrected chi connectivity index (χ0v) is 15.1. The summed E-state index contributed by atoms with van der Waals surface area (Å²) in [7, 11) is 3.84. The average Bonchev–Trinajstić information content (AvgIpc) is 2.33. The summed E-state index contributed by atoms with van der Waals surface area (Å²) < 4.78 is 7.45. The molecule has 108 valence electrons. The highest BCUT2D eigenvalue weighted by atomic mass is 79.9. The minimum Gasteiger partial charge on any atom is -0.495 e. The molecular weight excluding hydrogens is 372 g/mol. The molecule has 1 aromatic rings. The minimum absolute atomic E-state index is 0.580. The zero-order chi connectivity index (χ0) is 14.4. The fraction of sp³-hybridized carbons (Fsp3) is 0.571. The van der Waals surface area contributed by atoms with Gasteiger partial charge < -0.3 is 15.0 Å². The number of likely N-dealkylation sites (N-methyl/N-ethyl adjacent to an activating group) is 1. The number of methoxy groups -OCH3 is 1. The molecule has 0 saturated carbocycles. The third kappa shape index (κ3) is 5.42. The van der Waals surface area contributed by atoms with Crippen LogP contribution in [0, 0.1) is 0 Å². The SMILES string of the molecule is COc1c(Br)cc(Br)cc1CNCCN(C)C(C)C. The first-order valence-electron chi connectivity index (χ1n) is 6.38. The van der Waals surface area contributed by atoms with Crippen LogP contribution in [0.15, 0.2) is 21.1 Å². The third-order valence-corrected chi connectivity index (χ3v) is 4.17. The summed E-state index contributed by atoms with van der Waals surface area (Å²) in [6, 6.07) is 4.66. The van der Waals surface area contributed by atoms with Crippen LogP contribution in [0.1, 0.15) is 19.4 Å². The number of ether oxygens (including phenoxy) is 1. The molecule has 0 heterocycles. The van der Waals surface area contributed by atoms with Crippen molar-refractivity contribution in [2.75, 3.05) is 27.2 Å². The zero-order valence-electron chi connectivity index (χ0n) is 12.0. The van der Waals surface area contributed by atoms with E-state index >= 15 is 0 Å². The van der Waals surface area contributed by atoms with Gasteiger partial charge in [-0.25, -0.2) is 0 Å². The molecule has 1 rings (SSSR count). The average molecular weight is 394 g/mol. The van der Waals surface area contributed by atoms with E-state index in [4.69, 9.17) is 4.74 Å². The third-order valence-electron chi connectivity index (χ3n) is 3.13. The van der Waals surface area contributed by atoms with Crippen molar-refractivity contribution >= 4 is 31.9 Å². The predicted octanol–water partition coefficient (Wildman–Crippen LogP) is 3.65. The van der Waals surface area contributed by atoms with Gasteiger partial charge in [0.15, 0.2) is 0 Å². The maximum atomic E-state index is 5.43. The van der Waals surface area contributed by atoms with Gasteiger partial charge in [0, 0.05) is 35.7 Å². The maximum absolute atomic E-state index is 5.43. The molecule has 0 atom stereocenters. The van der Waals surface area contributed by atoms with Gasteiger partial charge in [-0.05, 0) is 49.0 Å². The summed E-state index contributed by atoms with van der Waals surface area (Å²) in [5.74, 6) is 0.896. The highest BCUT2D eigenvalue weighted by Crippen LogP contribution is 2.32. The van der Waals surface area contributed by atoms with Gasteiger partial charge in [-0.2, -0.15) is 0 Å². The van der Waals surface area contributed by atoms with E-state index in [0.29, 0.717) is 6.04 Å². The number of rotatable bonds is 7. The van der Waals surface area contributed by atoms with Crippen LogP contribution in [0.3, 0.4) is 0 Å². The number of halogens is 2. The molecule has 0 aromatic heterocycles. The standard InChI is InChI=1S/C14H22Br2N2O/c1-10(2)18(3)6-5-17-9-11-7-12(15)8-13(16)14(11)19-4/h7-8,10,17H,5-6,9H2,1-4H3. The molecule has 3 nitrogen and oxygen atoms in total. The summed E-state index contributed by atoms with van der Waals surface area (Å²) in [5.41, 5.74) is 1.15. The normalized spacial score (nSPS) is 11.4. The summed E-state index contributed by atoms with van der Waals surface area (Å²) in [6.45, 7) is 7.20. The lowest BCUT2D eigenvalue weighted by Gasteiger charge is -2.21. The first-order valence-corrected chi connectivity index (χ1v) is 7.97. The number of hydrogen-bond acceptors (Lipinski definition) is 3. The Kier molecular flexibility index (Phi) is 7.36. The Morgan fingerprint density at radius 1 is 1.32 bits per heavy atom. The van der Waals surface area contributed by atoms with Gasteiger partial charge in [0.25, 0.3) is 0 Å². The van der Waals surface area contributed by atoms with E-state index in [9.17, 15) is 0 Å². The minimum atomic E-state index is 0.580. The second kappa shape index (κ2) is 8.25. The molecule has 0 amide bonds. The fourth-order valence-corrected chi connectivity index (χ4v) is 3.19. The van der Waals surface area contributed by atoms with Crippen molar-refractivity contribution in [2.45, 2.75) is 26.4 Å².